The number of hydrogen-bond acceptors (Lipinski definition) is 7. The summed E-state index contributed by atoms with van der Waals surface area (Å²) >= 11 is 3.20. The fourth-order valence-electron chi connectivity index (χ4n) is 2.25. The average molecular weight is 414 g/mol. The zero-order chi connectivity index (χ0) is 17.7. The van der Waals surface area contributed by atoms with E-state index in [2.05, 4.69) is 21.2 Å². The fourth-order valence-corrected chi connectivity index (χ4v) is 4.71. The van der Waals surface area contributed by atoms with Crippen molar-refractivity contribution in [2.24, 2.45) is 0 Å². The van der Waals surface area contributed by atoms with E-state index in [4.69, 9.17) is 9.47 Å². The lowest BCUT2D eigenvalue weighted by Gasteiger charge is -2.29. The van der Waals surface area contributed by atoms with Gasteiger partial charge in [0.25, 0.3) is 5.79 Å². The van der Waals surface area contributed by atoms with E-state index in [1.165, 1.54) is 32.2 Å². The number of rotatable bonds is 2. The second-order valence-corrected chi connectivity index (χ2v) is 8.22. The lowest BCUT2D eigenvalue weighted by molar-refractivity contribution is -0.222. The molecule has 0 amide bonds. The van der Waals surface area contributed by atoms with Crippen LogP contribution in [0.2, 0.25) is 0 Å². The second kappa shape index (κ2) is 5.45. The van der Waals surface area contributed by atoms with Crippen LogP contribution in [0.25, 0.3) is 4.48 Å². The average Bonchev–Trinajstić information content (AvgIpc) is 2.66. The highest BCUT2D eigenvalue weighted by molar-refractivity contribution is 9.15. The number of nitrogens with one attached hydrogen (secondary N) is 1. The molecule has 3 rings (SSSR count). The summed E-state index contributed by atoms with van der Waals surface area (Å²) in [7, 11) is -3.44. The first-order valence-electron chi connectivity index (χ1n) is 6.79. The van der Waals surface area contributed by atoms with E-state index in [1.54, 1.807) is 6.07 Å². The highest BCUT2D eigenvalue weighted by Crippen LogP contribution is 2.38. The van der Waals surface area contributed by atoms with Gasteiger partial charge in [0.05, 0.1) is 10.3 Å². The maximum atomic E-state index is 11.9. The van der Waals surface area contributed by atoms with E-state index >= 15 is 0 Å². The number of carbonyl (C=O) groups is 2. The Labute approximate surface area is 146 Å². The molecule has 2 aliphatic heterocycles. The molecule has 0 saturated carbocycles. The van der Waals surface area contributed by atoms with Crippen molar-refractivity contribution in [1.82, 2.24) is 0 Å². The Balaban J connectivity index is 1.86. The van der Waals surface area contributed by atoms with Crippen molar-refractivity contribution < 1.29 is 27.5 Å². The molecule has 0 aliphatic carbocycles. The quantitative estimate of drug-likeness (QED) is 0.451. The van der Waals surface area contributed by atoms with Crippen LogP contribution in [-0.2, 0) is 28.9 Å². The fraction of sp³-hybridized carbons (Fsp3) is 0.200. The highest BCUT2D eigenvalue weighted by atomic mass is 79.9. The molecule has 7 nitrogen and oxygen atoms in total. The summed E-state index contributed by atoms with van der Waals surface area (Å²) in [5.41, 5.74) is 0.708. The topological polar surface area (TPSA) is 98.8 Å². The van der Waals surface area contributed by atoms with E-state index in [9.17, 15) is 18.0 Å². The number of fused-ring (bicyclic) bond motifs is 1. The van der Waals surface area contributed by atoms with Crippen molar-refractivity contribution in [3.63, 3.8) is 0 Å². The Morgan fingerprint density at radius 2 is 1.79 bits per heavy atom. The molecule has 1 aromatic rings. The standard InChI is InChI=1S/C15H12BrNO6S/c1-15(2)22-13(18)10(14(19)23-15)6-17-8-3-4-12-9(5-8)11(16)7-24(12,20)21/h3-7,17H,1-2H3. The summed E-state index contributed by atoms with van der Waals surface area (Å²) in [6, 6.07) is 4.55. The number of sulfone groups is 1. The first-order valence-corrected chi connectivity index (χ1v) is 9.13. The first-order chi connectivity index (χ1) is 11.1. The largest absolute Gasteiger partial charge is 0.419 e. The van der Waals surface area contributed by atoms with Crippen LogP contribution in [0, 0.1) is 0 Å². The van der Waals surface area contributed by atoms with Crippen molar-refractivity contribution in [3.8, 4) is 0 Å². The van der Waals surface area contributed by atoms with Crippen molar-refractivity contribution >= 4 is 47.9 Å². The van der Waals surface area contributed by atoms with E-state index in [0.29, 0.717) is 15.7 Å². The normalized spacial score (nSPS) is 20.6. The number of benzene rings is 1. The Morgan fingerprint density at radius 3 is 2.42 bits per heavy atom. The van der Waals surface area contributed by atoms with Crippen LogP contribution in [0.3, 0.4) is 0 Å². The van der Waals surface area contributed by atoms with Crippen molar-refractivity contribution in [3.05, 3.63) is 40.9 Å². The van der Waals surface area contributed by atoms with Crippen molar-refractivity contribution in [2.45, 2.75) is 24.5 Å². The summed E-state index contributed by atoms with van der Waals surface area (Å²) in [5.74, 6) is -2.90. The minimum absolute atomic E-state index is 0.186. The van der Waals surface area contributed by atoms with Gasteiger partial charge in [-0.05, 0) is 34.1 Å². The van der Waals surface area contributed by atoms with Gasteiger partial charge >= 0.3 is 11.9 Å². The van der Waals surface area contributed by atoms with Crippen LogP contribution in [0.15, 0.2) is 40.3 Å². The Hall–Kier alpha value is -2.13. The molecule has 0 atom stereocenters. The summed E-state index contributed by atoms with van der Waals surface area (Å²) in [6.45, 7) is 2.91. The lowest BCUT2D eigenvalue weighted by atomic mass is 10.2. The van der Waals surface area contributed by atoms with Gasteiger partial charge in [0.1, 0.15) is 0 Å². The summed E-state index contributed by atoms with van der Waals surface area (Å²) in [6.07, 6.45) is 1.17. The summed E-state index contributed by atoms with van der Waals surface area (Å²) < 4.78 is 34.1. The van der Waals surface area contributed by atoms with Crippen LogP contribution in [-0.4, -0.2) is 26.1 Å². The maximum absolute atomic E-state index is 11.9. The lowest BCUT2D eigenvalue weighted by Crippen LogP contribution is -2.42. The smallest absolute Gasteiger partial charge is 0.350 e. The number of halogens is 1. The molecule has 1 N–H and O–H groups in total. The molecule has 1 saturated heterocycles. The van der Waals surface area contributed by atoms with Crippen LogP contribution < -0.4 is 5.32 Å². The van der Waals surface area contributed by atoms with Gasteiger partial charge in [0, 0.05) is 35.8 Å². The zero-order valence-corrected chi connectivity index (χ0v) is 15.0. The molecule has 2 heterocycles. The minimum Gasteiger partial charge on any atom is -0.419 e. The van der Waals surface area contributed by atoms with Crippen molar-refractivity contribution in [2.75, 3.05) is 5.32 Å². The second-order valence-electron chi connectivity index (χ2n) is 5.60. The van der Waals surface area contributed by atoms with Gasteiger partial charge in [0.2, 0.25) is 9.84 Å². The minimum atomic E-state index is -3.44. The molecule has 0 unspecified atom stereocenters. The van der Waals surface area contributed by atoms with E-state index < -0.39 is 27.6 Å². The molecular formula is C15H12BrNO6S. The number of esters is 2. The van der Waals surface area contributed by atoms with E-state index in [-0.39, 0.29) is 10.5 Å². The molecule has 9 heteroatoms. The number of ether oxygens (including phenoxy) is 2. The molecule has 1 fully saturated rings. The number of hydrogen-bond donors (Lipinski definition) is 1. The first kappa shape index (κ1) is 16.7. The van der Waals surface area contributed by atoms with Gasteiger partial charge in [0.15, 0.2) is 5.57 Å². The van der Waals surface area contributed by atoms with Gasteiger partial charge in [-0.3, -0.25) is 0 Å². The van der Waals surface area contributed by atoms with Gasteiger partial charge in [-0.2, -0.15) is 0 Å². The molecule has 0 radical (unpaired) electrons. The van der Waals surface area contributed by atoms with Crippen LogP contribution in [0.4, 0.5) is 5.69 Å². The molecule has 0 bridgehead atoms. The molecule has 24 heavy (non-hydrogen) atoms. The van der Waals surface area contributed by atoms with Gasteiger partial charge in [-0.1, -0.05) is 0 Å². The van der Waals surface area contributed by atoms with E-state index in [0.717, 1.165) is 5.41 Å². The molecule has 126 valence electrons. The molecule has 1 aromatic carbocycles. The Kier molecular flexibility index (Phi) is 3.80. The summed E-state index contributed by atoms with van der Waals surface area (Å²) in [4.78, 5) is 23.9. The van der Waals surface area contributed by atoms with Crippen LogP contribution in [0.1, 0.15) is 19.4 Å². The molecule has 0 spiro atoms. The predicted molar refractivity (Wildman–Crippen MR) is 88.5 cm³/mol. The van der Waals surface area contributed by atoms with Crippen LogP contribution in [0.5, 0.6) is 0 Å². The third-order valence-electron chi connectivity index (χ3n) is 3.30. The summed E-state index contributed by atoms with van der Waals surface area (Å²) in [5, 5.41) is 3.90. The maximum Gasteiger partial charge on any atom is 0.350 e. The molecule has 2 aliphatic rings. The van der Waals surface area contributed by atoms with E-state index in [1.807, 2.05) is 0 Å². The van der Waals surface area contributed by atoms with Gasteiger partial charge in [-0.25, -0.2) is 18.0 Å². The monoisotopic (exact) mass is 413 g/mol. The SMILES string of the molecule is CC1(C)OC(=O)C(=CNc2ccc3c(c2)C(Br)=CS3(=O)=O)C(=O)O1. The number of cyclic esters (lactones) is 2. The van der Waals surface area contributed by atoms with Gasteiger partial charge in [-0.15, -0.1) is 0 Å². The zero-order valence-electron chi connectivity index (χ0n) is 12.6. The highest BCUT2D eigenvalue weighted by Gasteiger charge is 2.39. The Morgan fingerprint density at radius 1 is 1.17 bits per heavy atom. The van der Waals surface area contributed by atoms with Crippen LogP contribution >= 0.6 is 15.9 Å². The predicted octanol–water partition coefficient (Wildman–Crippen LogP) is 2.30. The third kappa shape index (κ3) is 2.96. The molecule has 0 aromatic heterocycles. The number of anilines is 1. The number of carbonyl (C=O) groups excluding carboxylic acids is 2. The molecular weight excluding hydrogens is 402 g/mol. The third-order valence-corrected chi connectivity index (χ3v) is 5.78. The van der Waals surface area contributed by atoms with Crippen molar-refractivity contribution in [1.29, 1.82) is 0 Å². The van der Waals surface area contributed by atoms with Gasteiger partial charge < -0.3 is 14.8 Å². The Bertz CT molecular complexity index is 907.